The van der Waals surface area contributed by atoms with Crippen LogP contribution in [-0.2, 0) is 17.0 Å². The molecule has 0 radical (unpaired) electrons. The monoisotopic (exact) mass is 596 g/mol. The number of benzene rings is 4. The highest BCUT2D eigenvalue weighted by molar-refractivity contribution is 8.13. The van der Waals surface area contributed by atoms with Crippen LogP contribution < -0.4 is 15.6 Å². The van der Waals surface area contributed by atoms with Gasteiger partial charge in [-0.1, -0.05) is 71.9 Å². The van der Waals surface area contributed by atoms with E-state index in [0.717, 1.165) is 22.7 Å². The Hall–Kier alpha value is -4.66. The van der Waals surface area contributed by atoms with E-state index < -0.39 is 17.9 Å². The maximum Gasteiger partial charge on any atom is 0.343 e. The molecule has 0 fully saturated rings. The molecule has 0 saturated carbocycles. The van der Waals surface area contributed by atoms with Crippen LogP contribution in [0.2, 0.25) is 5.02 Å². The van der Waals surface area contributed by atoms with Crippen LogP contribution in [0.4, 0.5) is 0 Å². The molecule has 1 unspecified atom stereocenters. The first kappa shape index (κ1) is 28.9. The summed E-state index contributed by atoms with van der Waals surface area (Å²) in [6.45, 7) is 0. The fraction of sp³-hybridized carbons (Fsp3) is 0.0909. The van der Waals surface area contributed by atoms with Gasteiger partial charge in [0, 0.05) is 39.7 Å². The summed E-state index contributed by atoms with van der Waals surface area (Å²) >= 11 is 6.99. The summed E-state index contributed by atoms with van der Waals surface area (Å²) in [7, 11) is 0. The van der Waals surface area contributed by atoms with Crippen LogP contribution in [0.1, 0.15) is 31.8 Å². The van der Waals surface area contributed by atoms with Crippen LogP contribution in [0.3, 0.4) is 0 Å². The first-order valence-electron chi connectivity index (χ1n) is 13.1. The van der Waals surface area contributed by atoms with E-state index >= 15 is 0 Å². The van der Waals surface area contributed by atoms with Gasteiger partial charge in [-0.3, -0.25) is 14.4 Å². The summed E-state index contributed by atoms with van der Waals surface area (Å²) in [6.07, 6.45) is 0.110. The number of hydrogen-bond acceptors (Lipinski definition) is 6. The summed E-state index contributed by atoms with van der Waals surface area (Å²) in [5.74, 6) is -0.252. The predicted octanol–water partition coefficient (Wildman–Crippen LogP) is 6.20. The van der Waals surface area contributed by atoms with Crippen molar-refractivity contribution >= 4 is 51.3 Å². The molecule has 0 bridgehead atoms. The van der Waals surface area contributed by atoms with Crippen molar-refractivity contribution in [3.63, 3.8) is 0 Å². The van der Waals surface area contributed by atoms with Gasteiger partial charge in [0.2, 0.25) is 10.7 Å². The Morgan fingerprint density at radius 1 is 0.833 bits per heavy atom. The number of fused-ring (bicyclic) bond motifs is 1. The predicted molar refractivity (Wildman–Crippen MR) is 165 cm³/mol. The molecule has 4 aromatic carbocycles. The van der Waals surface area contributed by atoms with Crippen LogP contribution in [0.25, 0.3) is 10.9 Å². The minimum atomic E-state index is -0.936. The average molecular weight is 597 g/mol. The van der Waals surface area contributed by atoms with E-state index in [1.807, 2.05) is 30.3 Å². The number of aromatic nitrogens is 1. The second-order valence-corrected chi connectivity index (χ2v) is 10.9. The molecule has 5 aromatic rings. The van der Waals surface area contributed by atoms with Crippen molar-refractivity contribution in [1.82, 2.24) is 10.3 Å². The number of ether oxygens (including phenoxy) is 1. The third-order valence-electron chi connectivity index (χ3n) is 6.45. The van der Waals surface area contributed by atoms with Crippen molar-refractivity contribution in [2.24, 2.45) is 0 Å². The number of halogens is 1. The van der Waals surface area contributed by atoms with E-state index in [1.54, 1.807) is 72.8 Å². The molecule has 0 aliphatic heterocycles. The van der Waals surface area contributed by atoms with Gasteiger partial charge in [-0.2, -0.15) is 0 Å². The second-order valence-electron chi connectivity index (χ2n) is 9.45. The van der Waals surface area contributed by atoms with Crippen molar-refractivity contribution in [1.29, 1.82) is 0 Å². The summed E-state index contributed by atoms with van der Waals surface area (Å²) in [4.78, 5) is 54.5. The van der Waals surface area contributed by atoms with Crippen molar-refractivity contribution in [2.45, 2.75) is 18.2 Å². The Kier molecular flexibility index (Phi) is 9.16. The summed E-state index contributed by atoms with van der Waals surface area (Å²) in [5, 5.41) is 3.82. The van der Waals surface area contributed by atoms with Crippen LogP contribution in [0.15, 0.2) is 114 Å². The number of hydrogen-bond donors (Lipinski definition) is 2. The van der Waals surface area contributed by atoms with Crippen LogP contribution in [0.5, 0.6) is 5.75 Å². The largest absolute Gasteiger partial charge is 0.423 e. The normalized spacial score (nSPS) is 11.5. The van der Waals surface area contributed by atoms with Crippen LogP contribution in [0, 0.1) is 0 Å². The summed E-state index contributed by atoms with van der Waals surface area (Å²) in [5.41, 5.74) is 2.41. The molecule has 0 saturated heterocycles. The molecule has 1 heterocycles. The summed E-state index contributed by atoms with van der Waals surface area (Å²) in [6, 6.07) is 29.8. The van der Waals surface area contributed by atoms with Gasteiger partial charge >= 0.3 is 5.97 Å². The van der Waals surface area contributed by atoms with Gasteiger partial charge in [0.15, 0.2) is 0 Å². The molecule has 1 amide bonds. The van der Waals surface area contributed by atoms with E-state index in [9.17, 15) is 19.2 Å². The Morgan fingerprint density at radius 3 is 2.36 bits per heavy atom. The SMILES string of the molecule is O=C(NC(Cc1cc(=O)[nH]c2ccccc12)C(=O)SCc1cccc(C(=O)Oc2ccccc2)c1)c1ccc(Cl)cc1. The lowest BCUT2D eigenvalue weighted by atomic mass is 10.0. The lowest BCUT2D eigenvalue weighted by molar-refractivity contribution is -0.112. The van der Waals surface area contributed by atoms with Gasteiger partial charge < -0.3 is 15.0 Å². The van der Waals surface area contributed by atoms with Crippen molar-refractivity contribution in [3.8, 4) is 5.75 Å². The number of aromatic amines is 1. The minimum absolute atomic E-state index is 0.110. The Balaban J connectivity index is 1.34. The molecule has 0 aliphatic rings. The molecular weight excluding hydrogens is 572 g/mol. The zero-order chi connectivity index (χ0) is 29.5. The highest BCUT2D eigenvalue weighted by Crippen LogP contribution is 2.22. The third-order valence-corrected chi connectivity index (χ3v) is 7.75. The first-order chi connectivity index (χ1) is 20.4. The smallest absolute Gasteiger partial charge is 0.343 e. The maximum absolute atomic E-state index is 13.6. The first-order valence-corrected chi connectivity index (χ1v) is 14.4. The van der Waals surface area contributed by atoms with E-state index in [4.69, 9.17) is 16.3 Å². The fourth-order valence-corrected chi connectivity index (χ4v) is 5.36. The highest BCUT2D eigenvalue weighted by atomic mass is 35.5. The molecule has 9 heteroatoms. The van der Waals surface area contributed by atoms with Crippen LogP contribution >= 0.6 is 23.4 Å². The molecule has 2 N–H and O–H groups in total. The Morgan fingerprint density at radius 2 is 1.57 bits per heavy atom. The number of carbonyl (C=O) groups excluding carboxylic acids is 3. The number of para-hydroxylation sites is 2. The van der Waals surface area contributed by atoms with Gasteiger partial charge in [0.1, 0.15) is 11.8 Å². The zero-order valence-electron chi connectivity index (χ0n) is 22.2. The van der Waals surface area contributed by atoms with Crippen molar-refractivity contribution in [2.75, 3.05) is 0 Å². The van der Waals surface area contributed by atoms with Gasteiger partial charge in [-0.15, -0.1) is 0 Å². The fourth-order valence-electron chi connectivity index (χ4n) is 4.40. The molecule has 7 nitrogen and oxygen atoms in total. The molecule has 1 aromatic heterocycles. The van der Waals surface area contributed by atoms with Crippen LogP contribution in [-0.4, -0.2) is 28.0 Å². The zero-order valence-corrected chi connectivity index (χ0v) is 23.8. The molecule has 210 valence electrons. The topological polar surface area (TPSA) is 105 Å². The number of H-pyrrole nitrogens is 1. The van der Waals surface area contributed by atoms with Gasteiger partial charge in [0.05, 0.1) is 5.56 Å². The number of thioether (sulfide) groups is 1. The minimum Gasteiger partial charge on any atom is -0.423 e. The molecule has 42 heavy (non-hydrogen) atoms. The lowest BCUT2D eigenvalue weighted by Crippen LogP contribution is -2.41. The van der Waals surface area contributed by atoms with Gasteiger partial charge in [-0.25, -0.2) is 4.79 Å². The number of pyridine rings is 1. The van der Waals surface area contributed by atoms with Gasteiger partial charge in [-0.05, 0) is 65.7 Å². The molecule has 0 spiro atoms. The second kappa shape index (κ2) is 13.3. The van der Waals surface area contributed by atoms with Crippen molar-refractivity contribution in [3.05, 3.63) is 147 Å². The van der Waals surface area contributed by atoms with E-state index in [0.29, 0.717) is 33.0 Å². The molecular formula is C33H25ClN2O5S. The standard InChI is InChI=1S/C33H25ClN2O5S/c34-25-15-13-22(14-16-25)31(38)36-29(18-24-19-30(37)35-28-12-5-4-11-27(24)28)33(40)42-20-21-7-6-8-23(17-21)32(39)41-26-9-2-1-3-10-26/h1-17,19,29H,18,20H2,(H,35,37)(H,36,38). The van der Waals surface area contributed by atoms with Crippen molar-refractivity contribution < 1.29 is 19.1 Å². The Bertz CT molecular complexity index is 1810. The van der Waals surface area contributed by atoms with Gasteiger partial charge in [0.25, 0.3) is 5.91 Å². The van der Waals surface area contributed by atoms with E-state index in [2.05, 4.69) is 10.3 Å². The average Bonchev–Trinajstić information content (AvgIpc) is 3.00. The number of amides is 1. The molecule has 1 atom stereocenters. The maximum atomic E-state index is 13.6. The third kappa shape index (κ3) is 7.34. The highest BCUT2D eigenvalue weighted by Gasteiger charge is 2.24. The number of rotatable bonds is 9. The lowest BCUT2D eigenvalue weighted by Gasteiger charge is -2.19. The van der Waals surface area contributed by atoms with E-state index in [1.165, 1.54) is 6.07 Å². The quantitative estimate of drug-likeness (QED) is 0.155. The number of nitrogens with one attached hydrogen (secondary N) is 2. The Labute approximate surface area is 250 Å². The molecule has 0 aliphatic carbocycles. The number of esters is 1. The van der Waals surface area contributed by atoms with E-state index in [-0.39, 0.29) is 22.8 Å². The number of carbonyl (C=O) groups is 3. The molecule has 5 rings (SSSR count). The summed E-state index contributed by atoms with van der Waals surface area (Å²) < 4.78 is 5.43.